The van der Waals surface area contributed by atoms with Crippen molar-refractivity contribution in [1.29, 1.82) is 0 Å². The predicted molar refractivity (Wildman–Crippen MR) is 65.4 cm³/mol. The Kier molecular flexibility index (Phi) is 4.15. The summed E-state index contributed by atoms with van der Waals surface area (Å²) < 4.78 is 4.70. The SMILES string of the molecule is O=C(c1ccc(=O)oc1)N1CCCCCC1CO. The number of hydrogen-bond acceptors (Lipinski definition) is 4. The predicted octanol–water partition coefficient (Wildman–Crippen LogP) is 1.02. The molecule has 0 bridgehead atoms. The third-order valence-corrected chi connectivity index (χ3v) is 3.30. The first kappa shape index (κ1) is 12.8. The summed E-state index contributed by atoms with van der Waals surface area (Å²) in [6, 6.07) is 2.57. The van der Waals surface area contributed by atoms with E-state index < -0.39 is 5.63 Å². The quantitative estimate of drug-likeness (QED) is 0.851. The molecule has 18 heavy (non-hydrogen) atoms. The van der Waals surface area contributed by atoms with Crippen LogP contribution in [0.1, 0.15) is 36.0 Å². The number of carbonyl (C=O) groups is 1. The van der Waals surface area contributed by atoms with E-state index in [-0.39, 0.29) is 18.6 Å². The first-order valence-corrected chi connectivity index (χ1v) is 6.23. The highest BCUT2D eigenvalue weighted by Gasteiger charge is 2.25. The lowest BCUT2D eigenvalue weighted by atomic mass is 10.1. The molecule has 1 aromatic heterocycles. The van der Waals surface area contributed by atoms with Crippen LogP contribution in [0.4, 0.5) is 0 Å². The van der Waals surface area contributed by atoms with Crippen molar-refractivity contribution in [2.45, 2.75) is 31.7 Å². The molecule has 2 rings (SSSR count). The summed E-state index contributed by atoms with van der Waals surface area (Å²) in [6.45, 7) is 0.617. The molecule has 2 heterocycles. The van der Waals surface area contributed by atoms with Crippen molar-refractivity contribution in [3.63, 3.8) is 0 Å². The Morgan fingerprint density at radius 1 is 1.39 bits per heavy atom. The lowest BCUT2D eigenvalue weighted by Crippen LogP contribution is -2.42. The van der Waals surface area contributed by atoms with E-state index in [1.807, 2.05) is 0 Å². The summed E-state index contributed by atoms with van der Waals surface area (Å²) in [4.78, 5) is 24.8. The number of carbonyl (C=O) groups excluding carboxylic acids is 1. The second-order valence-electron chi connectivity index (χ2n) is 4.53. The Balaban J connectivity index is 2.19. The van der Waals surface area contributed by atoms with Crippen molar-refractivity contribution in [2.24, 2.45) is 0 Å². The van der Waals surface area contributed by atoms with E-state index in [2.05, 4.69) is 0 Å². The summed E-state index contributed by atoms with van der Waals surface area (Å²) in [6.07, 6.45) is 5.05. The van der Waals surface area contributed by atoms with Gasteiger partial charge in [0.15, 0.2) is 0 Å². The van der Waals surface area contributed by atoms with Crippen LogP contribution in [-0.2, 0) is 0 Å². The maximum absolute atomic E-state index is 12.3. The number of hydrogen-bond donors (Lipinski definition) is 1. The number of nitrogens with zero attached hydrogens (tertiary/aromatic N) is 1. The summed E-state index contributed by atoms with van der Waals surface area (Å²) >= 11 is 0. The molecule has 5 heteroatoms. The average Bonchev–Trinajstić information content (AvgIpc) is 2.63. The third kappa shape index (κ3) is 2.79. The van der Waals surface area contributed by atoms with Crippen molar-refractivity contribution in [3.8, 4) is 0 Å². The van der Waals surface area contributed by atoms with Crippen LogP contribution in [0.15, 0.2) is 27.6 Å². The minimum Gasteiger partial charge on any atom is -0.430 e. The van der Waals surface area contributed by atoms with E-state index in [4.69, 9.17) is 4.42 Å². The van der Waals surface area contributed by atoms with Gasteiger partial charge in [-0.1, -0.05) is 12.8 Å². The number of aliphatic hydroxyl groups excluding tert-OH is 1. The molecule has 1 aliphatic heterocycles. The van der Waals surface area contributed by atoms with Gasteiger partial charge in [-0.2, -0.15) is 0 Å². The highest BCUT2D eigenvalue weighted by molar-refractivity contribution is 5.94. The van der Waals surface area contributed by atoms with Crippen LogP contribution in [0.5, 0.6) is 0 Å². The van der Waals surface area contributed by atoms with Crippen LogP contribution < -0.4 is 5.63 Å². The Morgan fingerprint density at radius 3 is 2.89 bits per heavy atom. The fraction of sp³-hybridized carbons (Fsp3) is 0.538. The molecule has 5 nitrogen and oxygen atoms in total. The molecule has 98 valence electrons. The largest absolute Gasteiger partial charge is 0.430 e. The molecule has 1 amide bonds. The zero-order chi connectivity index (χ0) is 13.0. The highest BCUT2D eigenvalue weighted by Crippen LogP contribution is 2.18. The van der Waals surface area contributed by atoms with E-state index in [9.17, 15) is 14.7 Å². The fourth-order valence-electron chi connectivity index (χ4n) is 2.28. The molecule has 0 spiro atoms. The highest BCUT2D eigenvalue weighted by atomic mass is 16.4. The van der Waals surface area contributed by atoms with Crippen LogP contribution in [-0.4, -0.2) is 35.1 Å². The Labute approximate surface area is 105 Å². The number of aliphatic hydroxyl groups is 1. The maximum atomic E-state index is 12.3. The minimum atomic E-state index is -0.471. The monoisotopic (exact) mass is 251 g/mol. The number of likely N-dealkylation sites (tertiary alicyclic amines) is 1. The molecule has 1 unspecified atom stereocenters. The van der Waals surface area contributed by atoms with Gasteiger partial charge in [0.25, 0.3) is 5.91 Å². The van der Waals surface area contributed by atoms with E-state index in [1.165, 1.54) is 18.4 Å². The van der Waals surface area contributed by atoms with Crippen molar-refractivity contribution < 1.29 is 14.3 Å². The van der Waals surface area contributed by atoms with Gasteiger partial charge >= 0.3 is 5.63 Å². The van der Waals surface area contributed by atoms with Crippen molar-refractivity contribution in [2.75, 3.05) is 13.2 Å². The molecule has 1 aliphatic rings. The average molecular weight is 251 g/mol. The molecule has 0 saturated carbocycles. The van der Waals surface area contributed by atoms with Crippen LogP contribution in [0.25, 0.3) is 0 Å². The van der Waals surface area contributed by atoms with Gasteiger partial charge in [-0.05, 0) is 18.9 Å². The summed E-state index contributed by atoms with van der Waals surface area (Å²) in [5, 5.41) is 9.36. The maximum Gasteiger partial charge on any atom is 0.335 e. The first-order valence-electron chi connectivity index (χ1n) is 6.23. The van der Waals surface area contributed by atoms with Gasteiger partial charge in [0, 0.05) is 12.6 Å². The van der Waals surface area contributed by atoms with Gasteiger partial charge in [0.05, 0.1) is 18.2 Å². The lowest BCUT2D eigenvalue weighted by molar-refractivity contribution is 0.0597. The Bertz CT molecular complexity index is 448. The molecular formula is C13H17NO4. The van der Waals surface area contributed by atoms with Gasteiger partial charge in [-0.3, -0.25) is 4.79 Å². The van der Waals surface area contributed by atoms with Crippen LogP contribution >= 0.6 is 0 Å². The fourth-order valence-corrected chi connectivity index (χ4v) is 2.28. The van der Waals surface area contributed by atoms with Gasteiger partial charge in [0.2, 0.25) is 0 Å². The smallest absolute Gasteiger partial charge is 0.335 e. The van der Waals surface area contributed by atoms with E-state index in [1.54, 1.807) is 4.90 Å². The molecule has 1 aromatic rings. The topological polar surface area (TPSA) is 70.8 Å². The zero-order valence-corrected chi connectivity index (χ0v) is 10.2. The zero-order valence-electron chi connectivity index (χ0n) is 10.2. The molecule has 0 radical (unpaired) electrons. The second kappa shape index (κ2) is 5.82. The molecule has 1 saturated heterocycles. The van der Waals surface area contributed by atoms with Gasteiger partial charge in [0.1, 0.15) is 6.26 Å². The molecule has 1 atom stereocenters. The lowest BCUT2D eigenvalue weighted by Gasteiger charge is -2.28. The second-order valence-corrected chi connectivity index (χ2v) is 4.53. The minimum absolute atomic E-state index is 0.0253. The van der Waals surface area contributed by atoms with Gasteiger partial charge in [-0.25, -0.2) is 4.79 Å². The first-order chi connectivity index (χ1) is 8.72. The number of rotatable bonds is 2. The van der Waals surface area contributed by atoms with Crippen LogP contribution in [0, 0.1) is 0 Å². The van der Waals surface area contributed by atoms with Crippen molar-refractivity contribution in [3.05, 3.63) is 34.4 Å². The molecular weight excluding hydrogens is 234 g/mol. The Hall–Kier alpha value is -1.62. The molecule has 1 N–H and O–H groups in total. The Morgan fingerprint density at radius 2 is 2.22 bits per heavy atom. The van der Waals surface area contributed by atoms with Crippen molar-refractivity contribution in [1.82, 2.24) is 4.90 Å². The summed E-state index contributed by atoms with van der Waals surface area (Å²) in [7, 11) is 0. The molecule has 0 aliphatic carbocycles. The van der Waals surface area contributed by atoms with E-state index in [0.717, 1.165) is 25.7 Å². The standard InChI is InChI=1S/C13H17NO4/c15-8-11-4-2-1-3-7-14(11)13(17)10-5-6-12(16)18-9-10/h5-6,9,11,15H,1-4,7-8H2. The number of amides is 1. The van der Waals surface area contributed by atoms with Gasteiger partial charge in [-0.15, -0.1) is 0 Å². The van der Waals surface area contributed by atoms with Crippen LogP contribution in [0.2, 0.25) is 0 Å². The summed E-state index contributed by atoms with van der Waals surface area (Å²) in [5.74, 6) is -0.181. The van der Waals surface area contributed by atoms with Crippen LogP contribution in [0.3, 0.4) is 0 Å². The third-order valence-electron chi connectivity index (χ3n) is 3.30. The molecule has 0 aromatic carbocycles. The molecule has 1 fully saturated rings. The van der Waals surface area contributed by atoms with E-state index in [0.29, 0.717) is 12.1 Å². The van der Waals surface area contributed by atoms with Gasteiger partial charge < -0.3 is 14.4 Å². The van der Waals surface area contributed by atoms with Crippen molar-refractivity contribution >= 4 is 5.91 Å². The van der Waals surface area contributed by atoms with E-state index >= 15 is 0 Å². The normalized spacial score (nSPS) is 20.5. The summed E-state index contributed by atoms with van der Waals surface area (Å²) in [5.41, 5.74) is -0.115.